The van der Waals surface area contributed by atoms with Crippen LogP contribution in [0.5, 0.6) is 5.75 Å². The van der Waals surface area contributed by atoms with Crippen LogP contribution in [0.2, 0.25) is 0 Å². The van der Waals surface area contributed by atoms with Gasteiger partial charge in [0.2, 0.25) is 0 Å². The highest BCUT2D eigenvalue weighted by Gasteiger charge is 2.16. The monoisotopic (exact) mass is 250 g/mol. The number of anilines is 1. The Morgan fingerprint density at radius 1 is 1.33 bits per heavy atom. The third-order valence-corrected chi connectivity index (χ3v) is 3.24. The van der Waals surface area contributed by atoms with E-state index in [1.54, 1.807) is 7.11 Å². The summed E-state index contributed by atoms with van der Waals surface area (Å²) in [5.41, 5.74) is 6.82. The standard InChI is InChI=1S/C15H26N2O/c1-4-8-13(2)17(12-7-11-16)14-9-5-6-10-15(14)18-3/h5-6,9-10,13H,4,7-8,11-12,16H2,1-3H3. The summed E-state index contributed by atoms with van der Waals surface area (Å²) in [7, 11) is 1.73. The van der Waals surface area contributed by atoms with Crippen molar-refractivity contribution in [2.24, 2.45) is 5.73 Å². The molecule has 3 heteroatoms. The number of ether oxygens (including phenoxy) is 1. The average molecular weight is 250 g/mol. The lowest BCUT2D eigenvalue weighted by Crippen LogP contribution is -2.35. The van der Waals surface area contributed by atoms with E-state index < -0.39 is 0 Å². The number of hydrogen-bond acceptors (Lipinski definition) is 3. The van der Waals surface area contributed by atoms with Crippen LogP contribution >= 0.6 is 0 Å². The summed E-state index contributed by atoms with van der Waals surface area (Å²) < 4.78 is 5.46. The normalized spacial score (nSPS) is 12.2. The fourth-order valence-corrected chi connectivity index (χ4v) is 2.28. The van der Waals surface area contributed by atoms with E-state index in [0.29, 0.717) is 6.04 Å². The van der Waals surface area contributed by atoms with Crippen molar-refractivity contribution in [1.29, 1.82) is 0 Å². The molecular weight excluding hydrogens is 224 g/mol. The van der Waals surface area contributed by atoms with Crippen molar-refractivity contribution >= 4 is 5.69 Å². The maximum atomic E-state index is 5.64. The quantitative estimate of drug-likeness (QED) is 0.770. The maximum Gasteiger partial charge on any atom is 0.142 e. The summed E-state index contributed by atoms with van der Waals surface area (Å²) in [6.45, 7) is 6.20. The second kappa shape index (κ2) is 7.98. The first-order valence-electron chi connectivity index (χ1n) is 6.84. The Morgan fingerprint density at radius 2 is 2.06 bits per heavy atom. The molecule has 1 aromatic carbocycles. The number of nitrogens with two attached hydrogens (primary N) is 1. The van der Waals surface area contributed by atoms with Gasteiger partial charge in [-0.25, -0.2) is 0 Å². The van der Waals surface area contributed by atoms with Crippen LogP contribution in [0.25, 0.3) is 0 Å². The van der Waals surface area contributed by atoms with Gasteiger partial charge in [-0.1, -0.05) is 25.5 Å². The topological polar surface area (TPSA) is 38.5 Å². The lowest BCUT2D eigenvalue weighted by molar-refractivity contribution is 0.411. The fourth-order valence-electron chi connectivity index (χ4n) is 2.28. The second-order valence-corrected chi connectivity index (χ2v) is 4.65. The first kappa shape index (κ1) is 14.8. The molecule has 0 bridgehead atoms. The Labute approximate surface area is 111 Å². The molecule has 18 heavy (non-hydrogen) atoms. The first-order valence-corrected chi connectivity index (χ1v) is 6.84. The van der Waals surface area contributed by atoms with Crippen LogP contribution < -0.4 is 15.4 Å². The van der Waals surface area contributed by atoms with E-state index >= 15 is 0 Å². The van der Waals surface area contributed by atoms with Gasteiger partial charge < -0.3 is 15.4 Å². The molecule has 0 spiro atoms. The highest BCUT2D eigenvalue weighted by atomic mass is 16.5. The molecule has 0 aliphatic heterocycles. The van der Waals surface area contributed by atoms with Crippen LogP contribution in [-0.2, 0) is 0 Å². The van der Waals surface area contributed by atoms with Crippen LogP contribution in [0.4, 0.5) is 5.69 Å². The molecule has 1 rings (SSSR count). The number of hydrogen-bond donors (Lipinski definition) is 1. The van der Waals surface area contributed by atoms with E-state index in [9.17, 15) is 0 Å². The molecule has 0 aliphatic rings. The molecule has 2 N–H and O–H groups in total. The number of para-hydroxylation sites is 2. The predicted octanol–water partition coefficient (Wildman–Crippen LogP) is 3.04. The van der Waals surface area contributed by atoms with E-state index in [2.05, 4.69) is 30.9 Å². The third-order valence-electron chi connectivity index (χ3n) is 3.24. The molecule has 0 heterocycles. The number of nitrogens with zero attached hydrogens (tertiary/aromatic N) is 1. The van der Waals surface area contributed by atoms with Crippen molar-refractivity contribution in [3.63, 3.8) is 0 Å². The minimum absolute atomic E-state index is 0.512. The Hall–Kier alpha value is -1.22. The SMILES string of the molecule is CCCC(C)N(CCCN)c1ccccc1OC. The van der Waals surface area contributed by atoms with E-state index in [1.165, 1.54) is 18.5 Å². The number of benzene rings is 1. The second-order valence-electron chi connectivity index (χ2n) is 4.65. The first-order chi connectivity index (χ1) is 8.74. The van der Waals surface area contributed by atoms with E-state index in [-0.39, 0.29) is 0 Å². The molecule has 1 unspecified atom stereocenters. The largest absolute Gasteiger partial charge is 0.495 e. The molecular formula is C15H26N2O. The van der Waals surface area contributed by atoms with E-state index in [0.717, 1.165) is 25.3 Å². The predicted molar refractivity (Wildman–Crippen MR) is 78.4 cm³/mol. The summed E-state index contributed by atoms with van der Waals surface area (Å²) in [5.74, 6) is 0.942. The molecule has 0 saturated carbocycles. The summed E-state index contributed by atoms with van der Waals surface area (Å²) in [6.07, 6.45) is 3.38. The van der Waals surface area contributed by atoms with E-state index in [4.69, 9.17) is 10.5 Å². The molecule has 0 amide bonds. The third kappa shape index (κ3) is 3.91. The smallest absolute Gasteiger partial charge is 0.142 e. The highest BCUT2D eigenvalue weighted by molar-refractivity contribution is 5.59. The average Bonchev–Trinajstić information content (AvgIpc) is 2.40. The van der Waals surface area contributed by atoms with Crippen molar-refractivity contribution < 1.29 is 4.74 Å². The van der Waals surface area contributed by atoms with Crippen molar-refractivity contribution in [3.05, 3.63) is 24.3 Å². The van der Waals surface area contributed by atoms with Gasteiger partial charge in [0.15, 0.2) is 0 Å². The zero-order valence-corrected chi connectivity index (χ0v) is 11.9. The highest BCUT2D eigenvalue weighted by Crippen LogP contribution is 2.30. The van der Waals surface area contributed by atoms with Gasteiger partial charge in [0.05, 0.1) is 12.8 Å². The van der Waals surface area contributed by atoms with Crippen molar-refractivity contribution in [3.8, 4) is 5.75 Å². The van der Waals surface area contributed by atoms with Crippen molar-refractivity contribution in [1.82, 2.24) is 0 Å². The Morgan fingerprint density at radius 3 is 2.67 bits per heavy atom. The minimum atomic E-state index is 0.512. The summed E-state index contributed by atoms with van der Waals surface area (Å²) in [5, 5.41) is 0. The van der Waals surface area contributed by atoms with Gasteiger partial charge in [0.1, 0.15) is 5.75 Å². The fraction of sp³-hybridized carbons (Fsp3) is 0.600. The molecule has 1 atom stereocenters. The summed E-state index contributed by atoms with van der Waals surface area (Å²) in [6, 6.07) is 8.73. The molecule has 3 nitrogen and oxygen atoms in total. The van der Waals surface area contributed by atoms with Crippen molar-refractivity contribution in [2.75, 3.05) is 25.1 Å². The van der Waals surface area contributed by atoms with Crippen LogP contribution in [0.1, 0.15) is 33.1 Å². The Balaban J connectivity index is 2.92. The van der Waals surface area contributed by atoms with Crippen LogP contribution in [0.3, 0.4) is 0 Å². The Kier molecular flexibility index (Phi) is 6.58. The molecule has 102 valence electrons. The van der Waals surface area contributed by atoms with Crippen LogP contribution in [0.15, 0.2) is 24.3 Å². The lowest BCUT2D eigenvalue weighted by Gasteiger charge is -2.32. The van der Waals surface area contributed by atoms with Crippen LogP contribution in [0, 0.1) is 0 Å². The van der Waals surface area contributed by atoms with E-state index in [1.807, 2.05) is 12.1 Å². The zero-order valence-electron chi connectivity index (χ0n) is 11.9. The molecule has 0 fully saturated rings. The van der Waals surface area contributed by atoms with Gasteiger partial charge in [-0.15, -0.1) is 0 Å². The number of rotatable bonds is 8. The lowest BCUT2D eigenvalue weighted by atomic mass is 10.1. The maximum absolute atomic E-state index is 5.64. The molecule has 0 aromatic heterocycles. The molecule has 0 aliphatic carbocycles. The van der Waals surface area contributed by atoms with Gasteiger partial charge in [-0.05, 0) is 38.4 Å². The zero-order chi connectivity index (χ0) is 13.4. The van der Waals surface area contributed by atoms with Gasteiger partial charge in [-0.2, -0.15) is 0 Å². The molecule has 1 aromatic rings. The minimum Gasteiger partial charge on any atom is -0.495 e. The van der Waals surface area contributed by atoms with Gasteiger partial charge in [0.25, 0.3) is 0 Å². The van der Waals surface area contributed by atoms with Gasteiger partial charge in [-0.3, -0.25) is 0 Å². The van der Waals surface area contributed by atoms with Gasteiger partial charge in [0, 0.05) is 12.6 Å². The van der Waals surface area contributed by atoms with Gasteiger partial charge >= 0.3 is 0 Å². The van der Waals surface area contributed by atoms with Crippen LogP contribution in [-0.4, -0.2) is 26.2 Å². The number of methoxy groups -OCH3 is 1. The Bertz CT molecular complexity index is 341. The summed E-state index contributed by atoms with van der Waals surface area (Å²) >= 11 is 0. The molecule has 0 saturated heterocycles. The summed E-state index contributed by atoms with van der Waals surface area (Å²) in [4.78, 5) is 2.41. The molecule has 0 radical (unpaired) electrons. The van der Waals surface area contributed by atoms with Crippen molar-refractivity contribution in [2.45, 2.75) is 39.2 Å².